The molecule has 1 aliphatic carbocycles. The van der Waals surface area contributed by atoms with Crippen LogP contribution in [-0.4, -0.2) is 40.9 Å². The molecule has 0 aromatic rings. The molecule has 1 saturated carbocycles. The fourth-order valence-electron chi connectivity index (χ4n) is 3.61. The number of nitrogens with zero attached hydrogens (tertiary/aromatic N) is 1. The summed E-state index contributed by atoms with van der Waals surface area (Å²) in [6, 6.07) is 0.0668. The predicted octanol–water partition coefficient (Wildman–Crippen LogP) is 3.33. The van der Waals surface area contributed by atoms with Gasteiger partial charge in [0.05, 0.1) is 12.1 Å². The third kappa shape index (κ3) is 3.66. The first-order valence-electron chi connectivity index (χ1n) is 8.28. The van der Waals surface area contributed by atoms with Crippen molar-refractivity contribution in [2.24, 2.45) is 5.92 Å². The molecule has 0 aromatic carbocycles. The molecule has 2 aliphatic rings. The fraction of sp³-hybridized carbons (Fsp3) is 0.938. The van der Waals surface area contributed by atoms with Crippen LogP contribution in [0.5, 0.6) is 0 Å². The Bertz CT molecular complexity index is 313. The molecule has 116 valence electrons. The third-order valence-electron chi connectivity index (χ3n) is 4.78. The number of amides is 1. The van der Waals surface area contributed by atoms with E-state index >= 15 is 0 Å². The van der Waals surface area contributed by atoms with E-state index in [2.05, 4.69) is 6.92 Å². The van der Waals surface area contributed by atoms with Gasteiger partial charge in [0.2, 0.25) is 0 Å². The summed E-state index contributed by atoms with van der Waals surface area (Å²) in [5, 5.41) is 9.91. The first kappa shape index (κ1) is 15.6. The monoisotopic (exact) mass is 283 g/mol. The van der Waals surface area contributed by atoms with Crippen LogP contribution in [0.25, 0.3) is 0 Å². The summed E-state index contributed by atoms with van der Waals surface area (Å²) in [5.74, 6) is 0.689. The van der Waals surface area contributed by atoms with Crippen molar-refractivity contribution in [1.29, 1.82) is 0 Å². The van der Waals surface area contributed by atoms with Gasteiger partial charge in [0.1, 0.15) is 6.10 Å². The lowest BCUT2D eigenvalue weighted by molar-refractivity contribution is 0.0226. The van der Waals surface area contributed by atoms with Crippen LogP contribution >= 0.6 is 0 Å². The zero-order valence-corrected chi connectivity index (χ0v) is 12.9. The van der Waals surface area contributed by atoms with Crippen molar-refractivity contribution in [2.45, 2.75) is 83.5 Å². The second-order valence-corrected chi connectivity index (χ2v) is 6.44. The Kier molecular flexibility index (Phi) is 5.70. The van der Waals surface area contributed by atoms with Crippen LogP contribution in [0.2, 0.25) is 0 Å². The highest BCUT2D eigenvalue weighted by molar-refractivity contribution is 5.70. The van der Waals surface area contributed by atoms with E-state index in [0.29, 0.717) is 5.92 Å². The van der Waals surface area contributed by atoms with Crippen LogP contribution < -0.4 is 0 Å². The van der Waals surface area contributed by atoms with Crippen molar-refractivity contribution in [1.82, 2.24) is 4.90 Å². The largest absolute Gasteiger partial charge is 0.441 e. The molecule has 2 fully saturated rings. The SMILES string of the molecule is CCCCN1C(=O)OC(C(C)O)C1CC1CCCCC1. The Morgan fingerprint density at radius 2 is 2.05 bits per heavy atom. The molecule has 1 N–H and O–H groups in total. The van der Waals surface area contributed by atoms with Crippen molar-refractivity contribution >= 4 is 6.09 Å². The minimum Gasteiger partial charge on any atom is -0.441 e. The molecule has 1 heterocycles. The maximum atomic E-state index is 12.0. The van der Waals surface area contributed by atoms with Crippen LogP contribution in [-0.2, 0) is 4.74 Å². The molecule has 0 aromatic heterocycles. The Balaban J connectivity index is 2.02. The number of rotatable bonds is 6. The summed E-state index contributed by atoms with van der Waals surface area (Å²) in [7, 11) is 0. The summed E-state index contributed by atoms with van der Waals surface area (Å²) < 4.78 is 5.42. The van der Waals surface area contributed by atoms with E-state index in [9.17, 15) is 9.90 Å². The van der Waals surface area contributed by atoms with Gasteiger partial charge in [-0.05, 0) is 25.7 Å². The van der Waals surface area contributed by atoms with Crippen LogP contribution in [0.15, 0.2) is 0 Å². The van der Waals surface area contributed by atoms with Crippen LogP contribution in [0, 0.1) is 5.92 Å². The van der Waals surface area contributed by atoms with E-state index in [4.69, 9.17) is 4.74 Å². The van der Waals surface area contributed by atoms with Crippen molar-refractivity contribution < 1.29 is 14.6 Å². The molecule has 20 heavy (non-hydrogen) atoms. The molecule has 0 spiro atoms. The fourth-order valence-corrected chi connectivity index (χ4v) is 3.61. The van der Waals surface area contributed by atoms with Crippen molar-refractivity contribution in [3.8, 4) is 0 Å². The summed E-state index contributed by atoms with van der Waals surface area (Å²) >= 11 is 0. The topological polar surface area (TPSA) is 49.8 Å². The average Bonchev–Trinajstić information content (AvgIpc) is 2.74. The molecule has 3 unspecified atom stereocenters. The van der Waals surface area contributed by atoms with Gasteiger partial charge >= 0.3 is 6.09 Å². The molecule has 3 atom stereocenters. The Morgan fingerprint density at radius 1 is 1.35 bits per heavy atom. The number of ether oxygens (including phenoxy) is 1. The van der Waals surface area contributed by atoms with E-state index in [0.717, 1.165) is 25.8 Å². The van der Waals surface area contributed by atoms with Gasteiger partial charge in [0, 0.05) is 6.54 Å². The third-order valence-corrected chi connectivity index (χ3v) is 4.78. The lowest BCUT2D eigenvalue weighted by Gasteiger charge is -2.31. The molecular weight excluding hydrogens is 254 g/mol. The first-order chi connectivity index (χ1) is 9.63. The normalized spacial score (nSPS) is 29.6. The number of cyclic esters (lactones) is 1. The van der Waals surface area contributed by atoms with Crippen LogP contribution in [0.3, 0.4) is 0 Å². The number of aliphatic hydroxyl groups is 1. The molecule has 0 bridgehead atoms. The van der Waals surface area contributed by atoms with Gasteiger partial charge in [-0.3, -0.25) is 0 Å². The Morgan fingerprint density at radius 3 is 2.65 bits per heavy atom. The van der Waals surface area contributed by atoms with Gasteiger partial charge in [0.25, 0.3) is 0 Å². The van der Waals surface area contributed by atoms with Gasteiger partial charge in [-0.15, -0.1) is 0 Å². The molecule has 1 aliphatic heterocycles. The number of hydrogen-bond donors (Lipinski definition) is 1. The molecule has 4 nitrogen and oxygen atoms in total. The zero-order chi connectivity index (χ0) is 14.5. The molecule has 2 rings (SSSR count). The molecule has 0 radical (unpaired) electrons. The van der Waals surface area contributed by atoms with Crippen molar-refractivity contribution in [3.05, 3.63) is 0 Å². The zero-order valence-electron chi connectivity index (χ0n) is 12.9. The van der Waals surface area contributed by atoms with Crippen molar-refractivity contribution in [2.75, 3.05) is 6.54 Å². The summed E-state index contributed by atoms with van der Waals surface area (Å²) in [6.45, 7) is 4.62. The smallest absolute Gasteiger partial charge is 0.410 e. The van der Waals surface area contributed by atoms with E-state index in [1.807, 2.05) is 4.90 Å². The van der Waals surface area contributed by atoms with Gasteiger partial charge in [-0.25, -0.2) is 4.79 Å². The number of carbonyl (C=O) groups is 1. The van der Waals surface area contributed by atoms with Gasteiger partial charge in [0.15, 0.2) is 0 Å². The second-order valence-electron chi connectivity index (χ2n) is 6.44. The number of aliphatic hydroxyl groups excluding tert-OH is 1. The van der Waals surface area contributed by atoms with Crippen LogP contribution in [0.1, 0.15) is 65.2 Å². The van der Waals surface area contributed by atoms with Gasteiger partial charge in [-0.1, -0.05) is 45.4 Å². The molecular formula is C16H29NO3. The Hall–Kier alpha value is -0.770. The average molecular weight is 283 g/mol. The highest BCUT2D eigenvalue weighted by atomic mass is 16.6. The van der Waals surface area contributed by atoms with E-state index in [-0.39, 0.29) is 18.2 Å². The standard InChI is InChI=1S/C16H29NO3/c1-3-4-10-17-14(11-13-8-6-5-7-9-13)15(12(2)18)20-16(17)19/h12-15,18H,3-11H2,1-2H3. The molecule has 1 saturated heterocycles. The van der Waals surface area contributed by atoms with E-state index in [1.54, 1.807) is 6.92 Å². The van der Waals surface area contributed by atoms with E-state index < -0.39 is 6.10 Å². The maximum absolute atomic E-state index is 12.0. The van der Waals surface area contributed by atoms with Crippen LogP contribution in [0.4, 0.5) is 4.79 Å². The lowest BCUT2D eigenvalue weighted by atomic mass is 9.83. The highest BCUT2D eigenvalue weighted by Gasteiger charge is 2.44. The van der Waals surface area contributed by atoms with Gasteiger partial charge < -0.3 is 14.7 Å². The summed E-state index contributed by atoms with van der Waals surface area (Å²) in [5.41, 5.74) is 0. The lowest BCUT2D eigenvalue weighted by Crippen LogP contribution is -2.42. The first-order valence-corrected chi connectivity index (χ1v) is 8.28. The second kappa shape index (κ2) is 7.30. The Labute approximate surface area is 122 Å². The van der Waals surface area contributed by atoms with Gasteiger partial charge in [-0.2, -0.15) is 0 Å². The molecule has 4 heteroatoms. The van der Waals surface area contributed by atoms with E-state index in [1.165, 1.54) is 32.1 Å². The maximum Gasteiger partial charge on any atom is 0.410 e. The molecule has 1 amide bonds. The minimum atomic E-state index is -0.584. The summed E-state index contributed by atoms with van der Waals surface area (Å²) in [4.78, 5) is 13.9. The quantitative estimate of drug-likeness (QED) is 0.813. The predicted molar refractivity (Wildman–Crippen MR) is 78.5 cm³/mol. The summed E-state index contributed by atoms with van der Waals surface area (Å²) in [6.07, 6.45) is 8.38. The number of hydrogen-bond acceptors (Lipinski definition) is 3. The highest BCUT2D eigenvalue weighted by Crippen LogP contribution is 2.33. The van der Waals surface area contributed by atoms with Crippen molar-refractivity contribution in [3.63, 3.8) is 0 Å². The number of unbranched alkanes of at least 4 members (excludes halogenated alkanes) is 1. The minimum absolute atomic E-state index is 0.0668. The number of carbonyl (C=O) groups excluding carboxylic acids is 1.